The molecule has 5 rings (SSSR count). The van der Waals surface area contributed by atoms with Crippen LogP contribution in [0.3, 0.4) is 0 Å². The van der Waals surface area contributed by atoms with E-state index in [1.807, 2.05) is 12.1 Å². The fourth-order valence-corrected chi connectivity index (χ4v) is 3.21. The Balaban J connectivity index is 1.56. The lowest BCUT2D eigenvalue weighted by molar-refractivity contribution is 0.559. The van der Waals surface area contributed by atoms with Crippen LogP contribution in [0.5, 0.6) is 0 Å². The molecule has 0 amide bonds. The summed E-state index contributed by atoms with van der Waals surface area (Å²) in [5.74, 6) is 0.0605. The molecular weight excluding hydrogens is 384 g/mol. The monoisotopic (exact) mass is 394 g/mol. The summed E-state index contributed by atoms with van der Waals surface area (Å²) < 4.78 is 8.49. The van der Waals surface area contributed by atoms with Gasteiger partial charge in [0, 0.05) is 5.39 Å². The Labute approximate surface area is 161 Å². The fraction of sp³-hybridized carbons (Fsp3) is 0.0588. The van der Waals surface area contributed by atoms with E-state index in [9.17, 15) is 4.79 Å². The first-order valence-electron chi connectivity index (χ1n) is 8.17. The Morgan fingerprint density at radius 1 is 1.21 bits per heavy atom. The van der Waals surface area contributed by atoms with Crippen LogP contribution in [0.15, 0.2) is 52.1 Å². The molecule has 0 saturated carbocycles. The largest absolute Gasteiger partial charge is 0.423 e. The second-order valence-corrected chi connectivity index (χ2v) is 6.38. The SMILES string of the molecule is Nc1nc(Cl)c2ncn(Cc3cn(-c4cc(=O)oc5ccccc45)nn3)c2n1. The molecule has 1 aromatic carbocycles. The zero-order chi connectivity index (χ0) is 19.3. The summed E-state index contributed by atoms with van der Waals surface area (Å²) in [5.41, 5.74) is 7.85. The molecule has 0 aliphatic heterocycles. The van der Waals surface area contributed by atoms with Gasteiger partial charge in [-0.05, 0) is 12.1 Å². The van der Waals surface area contributed by atoms with Crippen LogP contribution in [0.4, 0.5) is 5.95 Å². The van der Waals surface area contributed by atoms with Gasteiger partial charge in [0.2, 0.25) is 5.95 Å². The second kappa shape index (κ2) is 6.13. The Morgan fingerprint density at radius 3 is 2.96 bits per heavy atom. The molecule has 5 aromatic rings. The number of para-hydroxylation sites is 1. The topological polar surface area (TPSA) is 131 Å². The molecule has 28 heavy (non-hydrogen) atoms. The highest BCUT2D eigenvalue weighted by Crippen LogP contribution is 2.22. The van der Waals surface area contributed by atoms with Crippen LogP contribution in [0.25, 0.3) is 27.8 Å². The Kier molecular flexibility index (Phi) is 3.59. The first kappa shape index (κ1) is 16.4. The molecule has 0 saturated heterocycles. The maximum Gasteiger partial charge on any atom is 0.338 e. The predicted molar refractivity (Wildman–Crippen MR) is 101 cm³/mol. The van der Waals surface area contributed by atoms with Crippen molar-refractivity contribution in [1.29, 1.82) is 0 Å². The van der Waals surface area contributed by atoms with E-state index in [-0.39, 0.29) is 11.1 Å². The van der Waals surface area contributed by atoms with E-state index in [1.54, 1.807) is 29.2 Å². The third-order valence-corrected chi connectivity index (χ3v) is 4.45. The maximum absolute atomic E-state index is 11.9. The number of benzene rings is 1. The van der Waals surface area contributed by atoms with Gasteiger partial charge in [-0.15, -0.1) is 5.10 Å². The fourth-order valence-electron chi connectivity index (χ4n) is 2.99. The minimum absolute atomic E-state index is 0.0605. The van der Waals surface area contributed by atoms with Gasteiger partial charge in [0.1, 0.15) is 16.8 Å². The first-order valence-corrected chi connectivity index (χ1v) is 8.54. The third-order valence-electron chi connectivity index (χ3n) is 4.19. The quantitative estimate of drug-likeness (QED) is 0.362. The van der Waals surface area contributed by atoms with Crippen molar-refractivity contribution in [2.45, 2.75) is 6.54 Å². The van der Waals surface area contributed by atoms with Crippen LogP contribution in [0.2, 0.25) is 5.15 Å². The van der Waals surface area contributed by atoms with Gasteiger partial charge in [0.25, 0.3) is 0 Å². The zero-order valence-corrected chi connectivity index (χ0v) is 14.9. The number of nitrogens with zero attached hydrogens (tertiary/aromatic N) is 7. The number of nitrogens with two attached hydrogens (primary N) is 1. The van der Waals surface area contributed by atoms with Crippen LogP contribution in [0, 0.1) is 0 Å². The number of fused-ring (bicyclic) bond motifs is 2. The molecule has 0 aliphatic carbocycles. The van der Waals surface area contributed by atoms with Crippen molar-refractivity contribution in [1.82, 2.24) is 34.5 Å². The van der Waals surface area contributed by atoms with Gasteiger partial charge in [0.15, 0.2) is 10.8 Å². The smallest absolute Gasteiger partial charge is 0.338 e. The van der Waals surface area contributed by atoms with Gasteiger partial charge in [-0.25, -0.2) is 14.5 Å². The minimum Gasteiger partial charge on any atom is -0.423 e. The van der Waals surface area contributed by atoms with Crippen molar-refractivity contribution >= 4 is 39.7 Å². The van der Waals surface area contributed by atoms with E-state index in [1.165, 1.54) is 10.7 Å². The van der Waals surface area contributed by atoms with Crippen LogP contribution in [0.1, 0.15) is 5.69 Å². The van der Waals surface area contributed by atoms with Crippen molar-refractivity contribution in [3.05, 3.63) is 64.1 Å². The molecule has 0 fully saturated rings. The highest BCUT2D eigenvalue weighted by atomic mass is 35.5. The maximum atomic E-state index is 11.9. The summed E-state index contributed by atoms with van der Waals surface area (Å²) in [4.78, 5) is 24.2. The van der Waals surface area contributed by atoms with E-state index < -0.39 is 5.63 Å². The lowest BCUT2D eigenvalue weighted by atomic mass is 10.2. The number of anilines is 1. The van der Waals surface area contributed by atoms with Gasteiger partial charge in [-0.3, -0.25) is 0 Å². The molecule has 2 N–H and O–H groups in total. The number of hydrogen-bond acceptors (Lipinski definition) is 8. The molecule has 0 bridgehead atoms. The van der Waals surface area contributed by atoms with Crippen molar-refractivity contribution in [3.8, 4) is 5.69 Å². The molecule has 0 spiro atoms. The summed E-state index contributed by atoms with van der Waals surface area (Å²) in [6.07, 6.45) is 3.30. The lowest BCUT2D eigenvalue weighted by Crippen LogP contribution is -2.04. The van der Waals surface area contributed by atoms with E-state index in [2.05, 4.69) is 25.3 Å². The average molecular weight is 395 g/mol. The second-order valence-electron chi connectivity index (χ2n) is 6.02. The third kappa shape index (κ3) is 2.67. The van der Waals surface area contributed by atoms with Crippen LogP contribution in [-0.2, 0) is 6.54 Å². The predicted octanol–water partition coefficient (Wildman–Crippen LogP) is 1.80. The van der Waals surface area contributed by atoms with Gasteiger partial charge < -0.3 is 14.7 Å². The van der Waals surface area contributed by atoms with Gasteiger partial charge in [-0.1, -0.05) is 28.9 Å². The number of imidazole rings is 1. The summed E-state index contributed by atoms with van der Waals surface area (Å²) in [7, 11) is 0. The molecule has 0 atom stereocenters. The number of nitrogen functional groups attached to an aromatic ring is 1. The van der Waals surface area contributed by atoms with E-state index in [0.717, 1.165) is 5.39 Å². The standard InChI is InChI=1S/C17H11ClN8O2/c18-15-14-16(22-17(19)21-15)25(8-20-14)6-9-7-26(24-23-9)11-5-13(27)28-12-4-2-1-3-10(11)12/h1-5,7-8H,6H2,(H2,19,21,22). The average Bonchev–Trinajstić information content (AvgIpc) is 3.29. The molecule has 4 aromatic heterocycles. The molecule has 0 unspecified atom stereocenters. The molecule has 0 radical (unpaired) electrons. The van der Waals surface area contributed by atoms with Gasteiger partial charge >= 0.3 is 5.63 Å². The van der Waals surface area contributed by atoms with E-state index in [0.29, 0.717) is 34.7 Å². The molecular formula is C17H11ClN8O2. The van der Waals surface area contributed by atoms with Crippen molar-refractivity contribution in [3.63, 3.8) is 0 Å². The highest BCUT2D eigenvalue weighted by Gasteiger charge is 2.14. The van der Waals surface area contributed by atoms with Crippen LogP contribution >= 0.6 is 11.6 Å². The number of hydrogen-bond donors (Lipinski definition) is 1. The summed E-state index contributed by atoms with van der Waals surface area (Å²) in [6, 6.07) is 8.60. The first-order chi connectivity index (χ1) is 13.6. The molecule has 4 heterocycles. The Morgan fingerprint density at radius 2 is 2.07 bits per heavy atom. The molecule has 138 valence electrons. The van der Waals surface area contributed by atoms with Gasteiger partial charge in [-0.2, -0.15) is 9.97 Å². The van der Waals surface area contributed by atoms with E-state index in [4.69, 9.17) is 21.8 Å². The minimum atomic E-state index is -0.465. The number of aromatic nitrogens is 7. The van der Waals surface area contributed by atoms with Gasteiger partial charge in [0.05, 0.1) is 30.8 Å². The zero-order valence-electron chi connectivity index (χ0n) is 14.2. The van der Waals surface area contributed by atoms with Crippen molar-refractivity contribution < 1.29 is 4.42 Å². The molecule has 10 nitrogen and oxygen atoms in total. The Bertz CT molecular complexity index is 1400. The van der Waals surface area contributed by atoms with E-state index >= 15 is 0 Å². The number of halogens is 1. The number of rotatable bonds is 3. The summed E-state index contributed by atoms with van der Waals surface area (Å²) in [6.45, 7) is 0.336. The summed E-state index contributed by atoms with van der Waals surface area (Å²) in [5, 5.41) is 9.26. The van der Waals surface area contributed by atoms with Crippen molar-refractivity contribution in [2.75, 3.05) is 5.73 Å². The molecule has 11 heteroatoms. The molecule has 0 aliphatic rings. The van der Waals surface area contributed by atoms with Crippen LogP contribution in [-0.4, -0.2) is 34.5 Å². The van der Waals surface area contributed by atoms with Crippen molar-refractivity contribution in [2.24, 2.45) is 0 Å². The highest BCUT2D eigenvalue weighted by molar-refractivity contribution is 6.33. The Hall–Kier alpha value is -3.79. The normalized spacial score (nSPS) is 11.5. The summed E-state index contributed by atoms with van der Waals surface area (Å²) >= 11 is 6.06. The van der Waals surface area contributed by atoms with Crippen LogP contribution < -0.4 is 11.4 Å². The lowest BCUT2D eigenvalue weighted by Gasteiger charge is -2.04.